The maximum atomic E-state index is 11.8. The average molecular weight is 341 g/mol. The second-order valence-corrected chi connectivity index (χ2v) is 6.15. The van der Waals surface area contributed by atoms with Crippen molar-refractivity contribution in [2.75, 3.05) is 33.4 Å². The Morgan fingerprint density at radius 2 is 2.25 bits per heavy atom. The molecule has 20 heavy (non-hydrogen) atoms. The van der Waals surface area contributed by atoms with Gasteiger partial charge in [-0.05, 0) is 30.5 Å². The molecular weight excluding hydrogens is 320 g/mol. The lowest BCUT2D eigenvalue weighted by molar-refractivity contribution is -0.120. The molecular formula is C15H21BrN2O2. The number of amides is 1. The summed E-state index contributed by atoms with van der Waals surface area (Å²) in [6.07, 6.45) is 2.28. The summed E-state index contributed by atoms with van der Waals surface area (Å²) in [5.74, 6) is 0.0439. The van der Waals surface area contributed by atoms with Gasteiger partial charge >= 0.3 is 0 Å². The van der Waals surface area contributed by atoms with Gasteiger partial charge in [-0.25, -0.2) is 0 Å². The van der Waals surface area contributed by atoms with Gasteiger partial charge in [-0.15, -0.1) is 0 Å². The monoisotopic (exact) mass is 340 g/mol. The fourth-order valence-electron chi connectivity index (χ4n) is 2.24. The van der Waals surface area contributed by atoms with Gasteiger partial charge in [-0.1, -0.05) is 28.1 Å². The molecule has 0 aliphatic heterocycles. The summed E-state index contributed by atoms with van der Waals surface area (Å²) in [6, 6.07) is 8.36. The van der Waals surface area contributed by atoms with E-state index in [1.54, 1.807) is 7.11 Å². The van der Waals surface area contributed by atoms with E-state index in [-0.39, 0.29) is 11.3 Å². The van der Waals surface area contributed by atoms with E-state index in [4.69, 9.17) is 4.74 Å². The van der Waals surface area contributed by atoms with Crippen molar-refractivity contribution in [3.05, 3.63) is 34.3 Å². The smallest absolute Gasteiger partial charge is 0.233 e. The minimum atomic E-state index is 0.0439. The van der Waals surface area contributed by atoms with E-state index < -0.39 is 0 Å². The van der Waals surface area contributed by atoms with Gasteiger partial charge in [0.05, 0.1) is 13.2 Å². The Kier molecular flexibility index (Phi) is 5.57. The fourth-order valence-corrected chi connectivity index (χ4v) is 2.64. The summed E-state index contributed by atoms with van der Waals surface area (Å²) in [4.78, 5) is 11.8. The summed E-state index contributed by atoms with van der Waals surface area (Å²) in [5.41, 5.74) is 1.45. The molecule has 110 valence electrons. The Morgan fingerprint density at radius 1 is 1.45 bits per heavy atom. The standard InChI is InChI=1S/C15H21BrN2O2/c1-20-8-7-17-10-14(19)18-11-15(5-6-15)12-3-2-4-13(16)9-12/h2-4,9,17H,5-8,10-11H2,1H3,(H,18,19). The topological polar surface area (TPSA) is 50.4 Å². The first-order valence-electron chi connectivity index (χ1n) is 6.89. The van der Waals surface area contributed by atoms with E-state index in [9.17, 15) is 4.79 Å². The lowest BCUT2D eigenvalue weighted by atomic mass is 9.96. The molecule has 1 saturated carbocycles. The number of halogens is 1. The predicted molar refractivity (Wildman–Crippen MR) is 82.8 cm³/mol. The lowest BCUT2D eigenvalue weighted by Crippen LogP contribution is -2.39. The summed E-state index contributed by atoms with van der Waals surface area (Å²) < 4.78 is 6.01. The third-order valence-corrected chi connectivity index (χ3v) is 4.18. The molecule has 1 aliphatic carbocycles. The third-order valence-electron chi connectivity index (χ3n) is 3.68. The molecule has 0 radical (unpaired) electrons. The summed E-state index contributed by atoms with van der Waals surface area (Å²) in [7, 11) is 1.65. The van der Waals surface area contributed by atoms with Crippen LogP contribution in [0.25, 0.3) is 0 Å². The number of hydrogen-bond acceptors (Lipinski definition) is 3. The van der Waals surface area contributed by atoms with Crippen molar-refractivity contribution in [3.63, 3.8) is 0 Å². The highest BCUT2D eigenvalue weighted by atomic mass is 79.9. The summed E-state index contributed by atoms with van der Waals surface area (Å²) >= 11 is 3.50. The number of benzene rings is 1. The number of carbonyl (C=O) groups excluding carboxylic acids is 1. The molecule has 1 aromatic rings. The molecule has 0 aromatic heterocycles. The van der Waals surface area contributed by atoms with Crippen LogP contribution in [0.3, 0.4) is 0 Å². The molecule has 4 nitrogen and oxygen atoms in total. The molecule has 2 rings (SSSR count). The molecule has 2 N–H and O–H groups in total. The number of rotatable bonds is 8. The van der Waals surface area contributed by atoms with E-state index in [1.165, 1.54) is 5.56 Å². The van der Waals surface area contributed by atoms with Gasteiger partial charge < -0.3 is 15.4 Å². The van der Waals surface area contributed by atoms with Gasteiger partial charge in [-0.2, -0.15) is 0 Å². The fraction of sp³-hybridized carbons (Fsp3) is 0.533. The van der Waals surface area contributed by atoms with Gasteiger partial charge in [-0.3, -0.25) is 4.79 Å². The molecule has 0 unspecified atom stereocenters. The lowest BCUT2D eigenvalue weighted by Gasteiger charge is -2.17. The SMILES string of the molecule is COCCNCC(=O)NCC1(c2cccc(Br)c2)CC1. The minimum absolute atomic E-state index is 0.0439. The number of hydrogen-bond donors (Lipinski definition) is 2. The van der Waals surface area contributed by atoms with E-state index in [0.717, 1.165) is 17.3 Å². The van der Waals surface area contributed by atoms with Crippen LogP contribution in [-0.2, 0) is 14.9 Å². The molecule has 0 heterocycles. The molecule has 1 amide bonds. The Bertz CT molecular complexity index is 461. The first-order valence-corrected chi connectivity index (χ1v) is 7.68. The summed E-state index contributed by atoms with van der Waals surface area (Å²) in [5, 5.41) is 6.07. The maximum absolute atomic E-state index is 11.8. The highest BCUT2D eigenvalue weighted by molar-refractivity contribution is 9.10. The molecule has 0 saturated heterocycles. The Hall–Kier alpha value is -0.910. The number of ether oxygens (including phenoxy) is 1. The van der Waals surface area contributed by atoms with Crippen LogP contribution >= 0.6 is 15.9 Å². The van der Waals surface area contributed by atoms with Crippen LogP contribution in [0.1, 0.15) is 18.4 Å². The van der Waals surface area contributed by atoms with Crippen LogP contribution in [-0.4, -0.2) is 39.3 Å². The van der Waals surface area contributed by atoms with Gasteiger partial charge in [0.1, 0.15) is 0 Å². The van der Waals surface area contributed by atoms with Crippen LogP contribution in [0, 0.1) is 0 Å². The van der Waals surface area contributed by atoms with E-state index in [0.29, 0.717) is 26.2 Å². The van der Waals surface area contributed by atoms with Crippen LogP contribution in [0.5, 0.6) is 0 Å². The summed E-state index contributed by atoms with van der Waals surface area (Å²) in [6.45, 7) is 2.38. The van der Waals surface area contributed by atoms with Crippen LogP contribution in [0.2, 0.25) is 0 Å². The molecule has 0 atom stereocenters. The van der Waals surface area contributed by atoms with Crippen molar-refractivity contribution in [3.8, 4) is 0 Å². The third kappa shape index (κ3) is 4.30. The molecule has 1 fully saturated rings. The quantitative estimate of drug-likeness (QED) is 0.710. The second-order valence-electron chi connectivity index (χ2n) is 5.24. The van der Waals surface area contributed by atoms with Crippen LogP contribution in [0.15, 0.2) is 28.7 Å². The van der Waals surface area contributed by atoms with Crippen molar-refractivity contribution < 1.29 is 9.53 Å². The molecule has 0 spiro atoms. The van der Waals surface area contributed by atoms with E-state index in [1.807, 2.05) is 12.1 Å². The number of carbonyl (C=O) groups is 1. The van der Waals surface area contributed by atoms with Crippen molar-refractivity contribution >= 4 is 21.8 Å². The van der Waals surface area contributed by atoms with E-state index >= 15 is 0 Å². The van der Waals surface area contributed by atoms with Crippen molar-refractivity contribution in [1.29, 1.82) is 0 Å². The maximum Gasteiger partial charge on any atom is 0.233 e. The zero-order valence-electron chi connectivity index (χ0n) is 11.7. The van der Waals surface area contributed by atoms with Crippen molar-refractivity contribution in [2.24, 2.45) is 0 Å². The van der Waals surface area contributed by atoms with Gasteiger partial charge in [0, 0.05) is 30.1 Å². The Morgan fingerprint density at radius 3 is 2.90 bits per heavy atom. The average Bonchev–Trinajstić information content (AvgIpc) is 3.23. The van der Waals surface area contributed by atoms with E-state index in [2.05, 4.69) is 38.7 Å². The zero-order valence-corrected chi connectivity index (χ0v) is 13.3. The second kappa shape index (κ2) is 7.20. The minimum Gasteiger partial charge on any atom is -0.383 e. The molecule has 0 bridgehead atoms. The van der Waals surface area contributed by atoms with Crippen molar-refractivity contribution in [2.45, 2.75) is 18.3 Å². The highest BCUT2D eigenvalue weighted by Gasteiger charge is 2.44. The van der Waals surface area contributed by atoms with Crippen LogP contribution < -0.4 is 10.6 Å². The van der Waals surface area contributed by atoms with Gasteiger partial charge in [0.25, 0.3) is 0 Å². The predicted octanol–water partition coefficient (Wildman–Crippen LogP) is 1.83. The zero-order chi connectivity index (χ0) is 14.4. The number of methoxy groups -OCH3 is 1. The largest absolute Gasteiger partial charge is 0.383 e. The van der Waals surface area contributed by atoms with Gasteiger partial charge in [0.2, 0.25) is 5.91 Å². The van der Waals surface area contributed by atoms with Gasteiger partial charge in [0.15, 0.2) is 0 Å². The highest BCUT2D eigenvalue weighted by Crippen LogP contribution is 2.48. The Balaban J connectivity index is 1.77. The first-order chi connectivity index (χ1) is 9.66. The molecule has 1 aliphatic rings. The molecule has 5 heteroatoms. The van der Waals surface area contributed by atoms with Crippen LogP contribution in [0.4, 0.5) is 0 Å². The number of nitrogens with one attached hydrogen (secondary N) is 2. The van der Waals surface area contributed by atoms with Crippen molar-refractivity contribution in [1.82, 2.24) is 10.6 Å². The Labute approximate surface area is 128 Å². The normalized spacial score (nSPS) is 15.9. The first kappa shape index (κ1) is 15.5. The molecule has 1 aromatic carbocycles.